The van der Waals surface area contributed by atoms with Gasteiger partial charge in [-0.25, -0.2) is 0 Å². The fourth-order valence-electron chi connectivity index (χ4n) is 2.72. The van der Waals surface area contributed by atoms with Gasteiger partial charge in [-0.3, -0.25) is 4.79 Å². The number of rotatable bonds is 0. The van der Waals surface area contributed by atoms with Crippen LogP contribution in [0.1, 0.15) is 27.0 Å². The van der Waals surface area contributed by atoms with Crippen LogP contribution in [0.5, 0.6) is 0 Å². The van der Waals surface area contributed by atoms with E-state index in [4.69, 9.17) is 0 Å². The minimum atomic E-state index is 0.0954. The highest BCUT2D eigenvalue weighted by molar-refractivity contribution is 8.30. The first-order valence-corrected chi connectivity index (χ1v) is 8.95. The topological polar surface area (TPSA) is 17.1 Å². The number of carbonyl (C=O) groups is 1. The third-order valence-electron chi connectivity index (χ3n) is 3.61. The third kappa shape index (κ3) is 1.74. The molecule has 98 valence electrons. The molecule has 0 aromatic heterocycles. The highest BCUT2D eigenvalue weighted by Gasteiger charge is 2.28. The molecule has 0 saturated heterocycles. The molecule has 1 unspecified atom stereocenters. The first-order valence-electron chi connectivity index (χ1n) is 6.45. The van der Waals surface area contributed by atoms with Crippen molar-refractivity contribution in [2.75, 3.05) is 5.08 Å². The summed E-state index contributed by atoms with van der Waals surface area (Å²) in [4.78, 5) is 14.0. The predicted octanol–water partition coefficient (Wildman–Crippen LogP) is 4.24. The van der Waals surface area contributed by atoms with Crippen LogP contribution in [0, 0.1) is 0 Å². The maximum atomic E-state index is 12.6. The summed E-state index contributed by atoms with van der Waals surface area (Å²) in [5.74, 6) is 0.152. The van der Waals surface area contributed by atoms with Crippen molar-refractivity contribution in [2.45, 2.75) is 0 Å². The van der Waals surface area contributed by atoms with Crippen LogP contribution in [-0.4, -0.2) is 15.7 Å². The molecular weight excluding hydrogens is 284 g/mol. The average molecular weight is 296 g/mol. The van der Waals surface area contributed by atoms with E-state index in [2.05, 4.69) is 22.9 Å². The monoisotopic (exact) mass is 296 g/mol. The number of ketones is 1. The fraction of sp³-hybridized carbons (Fsp3) is 0.0588. The Bertz CT molecular complexity index is 736. The molecule has 0 saturated carbocycles. The van der Waals surface area contributed by atoms with Crippen molar-refractivity contribution in [3.8, 4) is 0 Å². The molecule has 2 aromatic carbocycles. The van der Waals surface area contributed by atoms with Crippen LogP contribution in [0.15, 0.2) is 59.3 Å². The van der Waals surface area contributed by atoms with Gasteiger partial charge in [0.25, 0.3) is 0 Å². The smallest absolute Gasteiger partial charge is 0.194 e. The van der Waals surface area contributed by atoms with Gasteiger partial charge in [-0.15, -0.1) is 22.2 Å². The molecule has 1 atom stereocenters. The molecule has 1 nitrogen and oxygen atoms in total. The van der Waals surface area contributed by atoms with E-state index in [1.807, 2.05) is 48.2 Å². The van der Waals surface area contributed by atoms with E-state index in [1.54, 1.807) is 0 Å². The zero-order chi connectivity index (χ0) is 13.5. The van der Waals surface area contributed by atoms with Crippen molar-refractivity contribution >= 4 is 32.9 Å². The molecule has 0 amide bonds. The Hall–Kier alpha value is -1.58. The second kappa shape index (κ2) is 4.76. The van der Waals surface area contributed by atoms with Gasteiger partial charge in [0.15, 0.2) is 5.78 Å². The average Bonchev–Trinajstić information content (AvgIpc) is 3.02. The highest BCUT2D eigenvalue weighted by atomic mass is 32.2. The summed E-state index contributed by atoms with van der Waals surface area (Å²) in [6.07, 6.45) is 0. The number of carbonyl (C=O) groups excluding carboxylic acids is 1. The molecule has 2 aromatic rings. The molecule has 1 heterocycles. The van der Waals surface area contributed by atoms with Gasteiger partial charge in [0, 0.05) is 21.1 Å². The first-order chi connectivity index (χ1) is 9.86. The summed E-state index contributed by atoms with van der Waals surface area (Å²) < 4.78 is 0. The van der Waals surface area contributed by atoms with Gasteiger partial charge in [0.2, 0.25) is 0 Å². The number of fused-ring (bicyclic) bond motifs is 2. The Morgan fingerprint density at radius 2 is 1.40 bits per heavy atom. The lowest BCUT2D eigenvalue weighted by atomic mass is 9.85. The normalized spacial score (nSPS) is 19.9. The Morgan fingerprint density at radius 3 is 1.90 bits per heavy atom. The standard InChI is InChI=1S/C17H12OS2/c18-16-12-5-1-3-7-14(12)17(20-10-9-19-11-20)15-8-4-2-6-13(15)16/h1-10H,11H2. The van der Waals surface area contributed by atoms with Gasteiger partial charge >= 0.3 is 0 Å². The first kappa shape index (κ1) is 12.2. The Labute approximate surface area is 124 Å². The lowest BCUT2D eigenvalue weighted by Crippen LogP contribution is -2.21. The molecule has 0 spiro atoms. The maximum Gasteiger partial charge on any atom is 0.194 e. The second-order valence-corrected chi connectivity index (χ2v) is 7.82. The number of thioether (sulfide) groups is 1. The Morgan fingerprint density at radius 1 is 0.850 bits per heavy atom. The zero-order valence-corrected chi connectivity index (χ0v) is 12.3. The third-order valence-corrected chi connectivity index (χ3v) is 7.10. The predicted molar refractivity (Wildman–Crippen MR) is 88.7 cm³/mol. The van der Waals surface area contributed by atoms with Crippen LogP contribution in [0.4, 0.5) is 0 Å². The van der Waals surface area contributed by atoms with E-state index < -0.39 is 0 Å². The van der Waals surface area contributed by atoms with Crippen molar-refractivity contribution in [2.24, 2.45) is 0 Å². The molecule has 4 rings (SSSR count). The van der Waals surface area contributed by atoms with Crippen molar-refractivity contribution in [3.63, 3.8) is 0 Å². The SMILES string of the molecule is O=C1c2ccccc2C(=S2C=CSC2)c2ccccc21. The fourth-order valence-corrected chi connectivity index (χ4v) is 6.31. The van der Waals surface area contributed by atoms with E-state index in [-0.39, 0.29) is 16.3 Å². The molecule has 0 bridgehead atoms. The minimum absolute atomic E-state index is 0.0954. The van der Waals surface area contributed by atoms with Crippen LogP contribution < -0.4 is 0 Å². The van der Waals surface area contributed by atoms with Crippen molar-refractivity contribution in [3.05, 3.63) is 81.6 Å². The maximum absolute atomic E-state index is 12.6. The van der Waals surface area contributed by atoms with Crippen molar-refractivity contribution in [1.29, 1.82) is 0 Å². The molecule has 1 aliphatic carbocycles. The lowest BCUT2D eigenvalue weighted by molar-refractivity contribution is 0.103. The van der Waals surface area contributed by atoms with Crippen LogP contribution in [0.3, 0.4) is 0 Å². The van der Waals surface area contributed by atoms with Gasteiger partial charge in [0.1, 0.15) is 0 Å². The summed E-state index contributed by atoms with van der Waals surface area (Å²) in [7, 11) is 0.0954. The van der Waals surface area contributed by atoms with E-state index in [0.717, 1.165) is 27.3 Å². The molecule has 20 heavy (non-hydrogen) atoms. The molecule has 1 aliphatic heterocycles. The molecule has 0 N–H and O–H groups in total. The molecule has 0 fully saturated rings. The molecule has 3 heteroatoms. The van der Waals surface area contributed by atoms with Gasteiger partial charge in [-0.05, 0) is 21.9 Å². The van der Waals surface area contributed by atoms with E-state index in [1.165, 1.54) is 4.86 Å². The number of benzene rings is 2. The van der Waals surface area contributed by atoms with E-state index in [0.29, 0.717) is 0 Å². The summed E-state index contributed by atoms with van der Waals surface area (Å²) >= 11 is 1.85. The quantitative estimate of drug-likeness (QED) is 0.577. The lowest BCUT2D eigenvalue weighted by Gasteiger charge is -2.23. The van der Waals surface area contributed by atoms with Crippen molar-refractivity contribution in [1.82, 2.24) is 0 Å². The Kier molecular flexibility index (Phi) is 2.90. The van der Waals surface area contributed by atoms with Gasteiger partial charge in [-0.1, -0.05) is 48.5 Å². The van der Waals surface area contributed by atoms with Crippen LogP contribution >= 0.6 is 22.2 Å². The van der Waals surface area contributed by atoms with Crippen LogP contribution in [0.2, 0.25) is 0 Å². The van der Waals surface area contributed by atoms with E-state index >= 15 is 0 Å². The van der Waals surface area contributed by atoms with Gasteiger partial charge in [0.05, 0.1) is 0 Å². The Balaban J connectivity index is 2.10. The summed E-state index contributed by atoms with van der Waals surface area (Å²) in [6.45, 7) is 0. The summed E-state index contributed by atoms with van der Waals surface area (Å²) in [6, 6.07) is 16.0. The van der Waals surface area contributed by atoms with Gasteiger partial charge < -0.3 is 0 Å². The second-order valence-electron chi connectivity index (χ2n) is 4.73. The number of hydrogen-bond donors (Lipinski definition) is 0. The van der Waals surface area contributed by atoms with Crippen LogP contribution in [-0.2, 0) is 0 Å². The zero-order valence-electron chi connectivity index (χ0n) is 10.7. The highest BCUT2D eigenvalue weighted by Crippen LogP contribution is 2.39. The largest absolute Gasteiger partial charge is 0.289 e. The van der Waals surface area contributed by atoms with Crippen molar-refractivity contribution < 1.29 is 4.79 Å². The molecule has 2 aliphatic rings. The summed E-state index contributed by atoms with van der Waals surface area (Å²) in [5.41, 5.74) is 3.93. The number of hydrogen-bond acceptors (Lipinski definition) is 2. The van der Waals surface area contributed by atoms with Crippen LogP contribution in [0.25, 0.3) is 0 Å². The molecule has 0 radical (unpaired) electrons. The van der Waals surface area contributed by atoms with Gasteiger partial charge in [-0.2, -0.15) is 0 Å². The summed E-state index contributed by atoms with van der Waals surface area (Å²) in [5, 5.41) is 5.55. The minimum Gasteiger partial charge on any atom is -0.289 e. The van der Waals surface area contributed by atoms with E-state index in [9.17, 15) is 4.79 Å². The molecular formula is C17H12OS2.